The van der Waals surface area contributed by atoms with Gasteiger partial charge in [-0.3, -0.25) is 9.78 Å². The van der Waals surface area contributed by atoms with Crippen molar-refractivity contribution < 1.29 is 4.79 Å². The number of hydrogen-bond acceptors (Lipinski definition) is 5. The van der Waals surface area contributed by atoms with Gasteiger partial charge in [0, 0.05) is 23.8 Å². The number of aryl methyl sites for hydroxylation is 2. The molecule has 1 amide bonds. The van der Waals surface area contributed by atoms with Gasteiger partial charge in [0.1, 0.15) is 11.1 Å². The minimum absolute atomic E-state index is 0.114. The third-order valence-corrected chi connectivity index (χ3v) is 5.34. The molecule has 0 fully saturated rings. The van der Waals surface area contributed by atoms with Crippen LogP contribution in [0.3, 0.4) is 0 Å². The van der Waals surface area contributed by atoms with Gasteiger partial charge in [-0.25, -0.2) is 4.98 Å². The quantitative estimate of drug-likeness (QED) is 0.670. The number of nitriles is 1. The molecule has 0 bridgehead atoms. The molecule has 3 rings (SSSR count). The number of thioether (sulfide) groups is 1. The molecule has 6 heteroatoms. The van der Waals surface area contributed by atoms with Gasteiger partial charge in [0.05, 0.1) is 10.8 Å². The molecule has 2 heterocycles. The van der Waals surface area contributed by atoms with E-state index in [1.165, 1.54) is 23.7 Å². The molecule has 0 aromatic carbocycles. The molecule has 0 aliphatic heterocycles. The number of carbonyl (C=O) groups excluding carboxylic acids is 1. The molecule has 1 aliphatic rings. The number of pyridine rings is 2. The van der Waals surface area contributed by atoms with Crippen LogP contribution in [0.1, 0.15) is 43.0 Å². The highest BCUT2D eigenvalue weighted by molar-refractivity contribution is 8.00. The molecule has 128 valence electrons. The Hall–Kier alpha value is -2.39. The van der Waals surface area contributed by atoms with Crippen LogP contribution in [0.2, 0.25) is 0 Å². The molecule has 1 N–H and O–H groups in total. The highest BCUT2D eigenvalue weighted by atomic mass is 32.2. The summed E-state index contributed by atoms with van der Waals surface area (Å²) in [4.78, 5) is 21.1. The molecule has 0 radical (unpaired) electrons. The van der Waals surface area contributed by atoms with Crippen molar-refractivity contribution in [3.63, 3.8) is 0 Å². The molecule has 1 unspecified atom stereocenters. The maximum absolute atomic E-state index is 12.4. The van der Waals surface area contributed by atoms with Crippen molar-refractivity contribution >= 4 is 23.4 Å². The van der Waals surface area contributed by atoms with Crippen LogP contribution in [0.15, 0.2) is 35.6 Å². The molecule has 2 aromatic rings. The van der Waals surface area contributed by atoms with E-state index in [0.717, 1.165) is 31.4 Å². The maximum Gasteiger partial charge on any atom is 0.237 e. The Morgan fingerprint density at radius 1 is 1.28 bits per heavy atom. The van der Waals surface area contributed by atoms with E-state index in [9.17, 15) is 10.1 Å². The third kappa shape index (κ3) is 4.37. The molecule has 1 aliphatic carbocycles. The van der Waals surface area contributed by atoms with Crippen LogP contribution in [-0.2, 0) is 17.6 Å². The largest absolute Gasteiger partial charge is 0.325 e. The highest BCUT2D eigenvalue weighted by Gasteiger charge is 2.20. The predicted octanol–water partition coefficient (Wildman–Crippen LogP) is 3.74. The first-order valence-electron chi connectivity index (χ1n) is 8.48. The number of fused-ring (bicyclic) bond motifs is 1. The number of nitrogens with zero attached hydrogens (tertiary/aromatic N) is 3. The van der Waals surface area contributed by atoms with E-state index in [4.69, 9.17) is 4.98 Å². The normalized spacial score (nSPS) is 14.7. The molecule has 2 aromatic heterocycles. The van der Waals surface area contributed by atoms with Gasteiger partial charge in [-0.05, 0) is 56.4 Å². The summed E-state index contributed by atoms with van der Waals surface area (Å²) in [5.41, 5.74) is 3.55. The van der Waals surface area contributed by atoms with Gasteiger partial charge in [-0.1, -0.05) is 18.2 Å². The summed E-state index contributed by atoms with van der Waals surface area (Å²) in [7, 11) is 0. The minimum Gasteiger partial charge on any atom is -0.325 e. The average Bonchev–Trinajstić information content (AvgIpc) is 2.86. The second kappa shape index (κ2) is 8.13. The topological polar surface area (TPSA) is 78.7 Å². The average molecular weight is 352 g/mol. The molecule has 0 spiro atoms. The van der Waals surface area contributed by atoms with Gasteiger partial charge in [-0.15, -0.1) is 0 Å². The van der Waals surface area contributed by atoms with Gasteiger partial charge in [0.25, 0.3) is 0 Å². The highest BCUT2D eigenvalue weighted by Crippen LogP contribution is 2.29. The van der Waals surface area contributed by atoms with E-state index >= 15 is 0 Å². The van der Waals surface area contributed by atoms with Crippen molar-refractivity contribution in [3.05, 3.63) is 47.4 Å². The number of anilines is 1. The lowest BCUT2D eigenvalue weighted by molar-refractivity contribution is -0.115. The summed E-state index contributed by atoms with van der Waals surface area (Å²) < 4.78 is 0. The fourth-order valence-electron chi connectivity index (χ4n) is 2.86. The predicted molar refractivity (Wildman–Crippen MR) is 98.4 cm³/mol. The Balaban J connectivity index is 1.76. The van der Waals surface area contributed by atoms with E-state index in [-0.39, 0.29) is 11.2 Å². The number of carbonyl (C=O) groups is 1. The second-order valence-corrected chi connectivity index (χ2v) is 7.43. The Morgan fingerprint density at radius 3 is 2.80 bits per heavy atom. The van der Waals surface area contributed by atoms with Crippen LogP contribution in [0.5, 0.6) is 0 Å². The van der Waals surface area contributed by atoms with Crippen molar-refractivity contribution in [2.75, 3.05) is 5.32 Å². The summed E-state index contributed by atoms with van der Waals surface area (Å²) in [6.07, 6.45) is 8.69. The summed E-state index contributed by atoms with van der Waals surface area (Å²) in [5, 5.41) is 12.6. The molecule has 5 nitrogen and oxygen atoms in total. The first-order chi connectivity index (χ1) is 12.2. The Bertz CT molecular complexity index is 801. The van der Waals surface area contributed by atoms with E-state index in [2.05, 4.69) is 16.4 Å². The van der Waals surface area contributed by atoms with Crippen LogP contribution < -0.4 is 5.32 Å². The van der Waals surface area contributed by atoms with Crippen molar-refractivity contribution in [1.29, 1.82) is 5.26 Å². The second-order valence-electron chi connectivity index (χ2n) is 6.10. The summed E-state index contributed by atoms with van der Waals surface area (Å²) in [6.45, 7) is 1.83. The zero-order chi connectivity index (χ0) is 17.6. The number of rotatable bonds is 4. The first kappa shape index (κ1) is 17.4. The van der Waals surface area contributed by atoms with E-state index in [1.54, 1.807) is 24.5 Å². The zero-order valence-corrected chi connectivity index (χ0v) is 15.0. The van der Waals surface area contributed by atoms with Crippen molar-refractivity contribution in [3.8, 4) is 6.07 Å². The number of amides is 1. The fourth-order valence-corrected chi connectivity index (χ4v) is 3.76. The third-order valence-electron chi connectivity index (χ3n) is 4.24. The van der Waals surface area contributed by atoms with Crippen LogP contribution in [0.4, 0.5) is 5.69 Å². The molecule has 0 saturated carbocycles. The van der Waals surface area contributed by atoms with E-state index in [1.807, 2.05) is 13.0 Å². The van der Waals surface area contributed by atoms with Crippen molar-refractivity contribution in [1.82, 2.24) is 9.97 Å². The zero-order valence-electron chi connectivity index (χ0n) is 14.2. The van der Waals surface area contributed by atoms with Crippen LogP contribution >= 0.6 is 11.8 Å². The van der Waals surface area contributed by atoms with Crippen LogP contribution in [0, 0.1) is 11.3 Å². The van der Waals surface area contributed by atoms with Crippen molar-refractivity contribution in [2.24, 2.45) is 0 Å². The van der Waals surface area contributed by atoms with E-state index < -0.39 is 0 Å². The van der Waals surface area contributed by atoms with Crippen LogP contribution in [-0.4, -0.2) is 21.1 Å². The standard InChI is InChI=1S/C19H20N4OS/c1-13(18(24)22-16-7-9-21-10-8-16)25-19-15(12-20)11-14-5-3-2-4-6-17(14)23-19/h7-11,13H,2-6H2,1H3,(H,21,22,24). The molecule has 1 atom stereocenters. The molecule has 0 saturated heterocycles. The molecular formula is C19H20N4OS. The Kier molecular flexibility index (Phi) is 5.67. The number of nitrogens with one attached hydrogen (secondary N) is 1. The monoisotopic (exact) mass is 352 g/mol. The summed E-state index contributed by atoms with van der Waals surface area (Å²) in [6, 6.07) is 7.69. The Morgan fingerprint density at radius 2 is 2.04 bits per heavy atom. The molecular weight excluding hydrogens is 332 g/mol. The van der Waals surface area contributed by atoms with Gasteiger partial charge < -0.3 is 5.32 Å². The lowest BCUT2D eigenvalue weighted by Gasteiger charge is -2.14. The molecule has 25 heavy (non-hydrogen) atoms. The lowest BCUT2D eigenvalue weighted by atomic mass is 10.1. The van der Waals surface area contributed by atoms with Crippen molar-refractivity contribution in [2.45, 2.75) is 49.3 Å². The van der Waals surface area contributed by atoms with Gasteiger partial charge in [-0.2, -0.15) is 5.26 Å². The minimum atomic E-state index is -0.350. The summed E-state index contributed by atoms with van der Waals surface area (Å²) in [5.74, 6) is -0.114. The fraction of sp³-hybridized carbons (Fsp3) is 0.368. The smallest absolute Gasteiger partial charge is 0.237 e. The first-order valence-corrected chi connectivity index (χ1v) is 9.36. The Labute approximate surface area is 151 Å². The SMILES string of the molecule is CC(Sc1nc2c(cc1C#N)CCCCC2)C(=O)Nc1ccncc1. The van der Waals surface area contributed by atoms with Crippen LogP contribution in [0.25, 0.3) is 0 Å². The number of aromatic nitrogens is 2. The lowest BCUT2D eigenvalue weighted by Crippen LogP contribution is -2.22. The van der Waals surface area contributed by atoms with Gasteiger partial charge in [0.2, 0.25) is 5.91 Å². The van der Waals surface area contributed by atoms with Gasteiger partial charge in [0.15, 0.2) is 0 Å². The van der Waals surface area contributed by atoms with E-state index in [0.29, 0.717) is 16.3 Å². The maximum atomic E-state index is 12.4. The summed E-state index contributed by atoms with van der Waals surface area (Å²) >= 11 is 1.34. The van der Waals surface area contributed by atoms with Gasteiger partial charge >= 0.3 is 0 Å². The number of hydrogen-bond donors (Lipinski definition) is 1.